The molecule has 2 heterocycles. The summed E-state index contributed by atoms with van der Waals surface area (Å²) in [5.74, 6) is 1.89. The zero-order valence-electron chi connectivity index (χ0n) is 18.0. The highest BCUT2D eigenvalue weighted by atomic mass is 16.5. The number of aryl methyl sites for hydroxylation is 1. The molecule has 1 amide bonds. The molecular formula is C22H31N5O2. The molecule has 1 atom stereocenters. The van der Waals surface area contributed by atoms with Crippen LogP contribution in [0.4, 0.5) is 5.82 Å². The number of nitrogens with one attached hydrogen (secondary N) is 1. The fourth-order valence-corrected chi connectivity index (χ4v) is 3.54. The van der Waals surface area contributed by atoms with Gasteiger partial charge in [0, 0.05) is 56.6 Å². The molecule has 2 aromatic rings. The molecule has 0 aliphatic carbocycles. The van der Waals surface area contributed by atoms with Crippen LogP contribution in [-0.2, 0) is 6.54 Å². The Hall–Kier alpha value is -2.67. The number of anilines is 1. The van der Waals surface area contributed by atoms with Crippen LogP contribution in [0.3, 0.4) is 0 Å². The lowest BCUT2D eigenvalue weighted by Crippen LogP contribution is -2.33. The second-order valence-electron chi connectivity index (χ2n) is 7.63. The molecule has 7 nitrogen and oxygen atoms in total. The number of rotatable bonds is 7. The predicted molar refractivity (Wildman–Crippen MR) is 115 cm³/mol. The van der Waals surface area contributed by atoms with Gasteiger partial charge in [-0.1, -0.05) is 18.2 Å². The molecule has 1 fully saturated rings. The van der Waals surface area contributed by atoms with Gasteiger partial charge in [-0.15, -0.1) is 0 Å². The molecule has 7 heteroatoms. The lowest BCUT2D eigenvalue weighted by molar-refractivity contribution is 0.0815. The maximum atomic E-state index is 12.3. The molecule has 1 aromatic carbocycles. The van der Waals surface area contributed by atoms with Gasteiger partial charge in [0.05, 0.1) is 6.61 Å². The molecule has 0 saturated carbocycles. The minimum Gasteiger partial charge on any atom is -0.494 e. The summed E-state index contributed by atoms with van der Waals surface area (Å²) < 4.78 is 5.72. The van der Waals surface area contributed by atoms with Crippen molar-refractivity contribution in [1.29, 1.82) is 0 Å². The van der Waals surface area contributed by atoms with Gasteiger partial charge in [-0.25, -0.2) is 9.97 Å². The van der Waals surface area contributed by atoms with Crippen LogP contribution < -0.4 is 15.0 Å². The third-order valence-electron chi connectivity index (χ3n) is 5.30. The standard InChI is InChI=1S/C22H31N5O2/c1-6-29-19-10-8-7-9-17(19)13-23-18-11-12-27(14-18)21-15(2)16(3)24-20(25-21)22(28)26(4)5/h7-10,18,23H,6,11-14H2,1-5H3/t18-/m1/s1. The normalized spacial score (nSPS) is 16.2. The van der Waals surface area contributed by atoms with E-state index in [0.29, 0.717) is 12.6 Å². The first-order valence-electron chi connectivity index (χ1n) is 10.2. The fraction of sp³-hybridized carbons (Fsp3) is 0.500. The Kier molecular flexibility index (Phi) is 6.69. The van der Waals surface area contributed by atoms with Gasteiger partial charge in [0.2, 0.25) is 5.82 Å². The number of amides is 1. The maximum Gasteiger partial charge on any atom is 0.291 e. The highest BCUT2D eigenvalue weighted by Crippen LogP contribution is 2.25. The van der Waals surface area contributed by atoms with Crippen molar-refractivity contribution in [3.8, 4) is 5.75 Å². The zero-order chi connectivity index (χ0) is 21.0. The second-order valence-corrected chi connectivity index (χ2v) is 7.63. The van der Waals surface area contributed by atoms with Gasteiger partial charge in [0.25, 0.3) is 5.91 Å². The van der Waals surface area contributed by atoms with E-state index < -0.39 is 0 Å². The predicted octanol–water partition coefficient (Wildman–Crippen LogP) is 2.56. The van der Waals surface area contributed by atoms with Crippen molar-refractivity contribution in [3.05, 3.63) is 46.9 Å². The number of nitrogens with zero attached hydrogens (tertiary/aromatic N) is 4. The summed E-state index contributed by atoms with van der Waals surface area (Å²) >= 11 is 0. The number of hydrogen-bond donors (Lipinski definition) is 1. The number of benzene rings is 1. The van der Waals surface area contributed by atoms with E-state index in [0.717, 1.165) is 48.9 Å². The highest BCUT2D eigenvalue weighted by molar-refractivity contribution is 5.90. The Balaban J connectivity index is 1.69. The first-order chi connectivity index (χ1) is 13.9. The number of carbonyl (C=O) groups is 1. The Bertz CT molecular complexity index is 868. The maximum absolute atomic E-state index is 12.3. The molecule has 1 saturated heterocycles. The van der Waals surface area contributed by atoms with E-state index in [1.165, 1.54) is 10.5 Å². The Morgan fingerprint density at radius 3 is 2.76 bits per heavy atom. The number of aromatic nitrogens is 2. The average Bonchev–Trinajstić information content (AvgIpc) is 3.17. The third-order valence-corrected chi connectivity index (χ3v) is 5.30. The van der Waals surface area contributed by atoms with Crippen molar-refractivity contribution in [2.45, 2.75) is 39.8 Å². The molecule has 0 radical (unpaired) electrons. The third kappa shape index (κ3) is 4.85. The van der Waals surface area contributed by atoms with Gasteiger partial charge in [0.1, 0.15) is 11.6 Å². The zero-order valence-corrected chi connectivity index (χ0v) is 18.0. The van der Waals surface area contributed by atoms with E-state index in [1.807, 2.05) is 39.0 Å². The number of ether oxygens (including phenoxy) is 1. The molecule has 1 aromatic heterocycles. The molecule has 29 heavy (non-hydrogen) atoms. The Labute approximate surface area is 173 Å². The first-order valence-corrected chi connectivity index (χ1v) is 10.2. The van der Waals surface area contributed by atoms with E-state index in [-0.39, 0.29) is 11.7 Å². The van der Waals surface area contributed by atoms with Crippen LogP contribution in [0.2, 0.25) is 0 Å². The van der Waals surface area contributed by atoms with E-state index in [2.05, 4.69) is 26.3 Å². The minimum absolute atomic E-state index is 0.171. The molecule has 0 bridgehead atoms. The van der Waals surface area contributed by atoms with Crippen LogP contribution in [-0.4, -0.2) is 60.6 Å². The van der Waals surface area contributed by atoms with Crippen LogP contribution in [0.5, 0.6) is 5.75 Å². The average molecular weight is 398 g/mol. The van der Waals surface area contributed by atoms with Gasteiger partial charge in [-0.2, -0.15) is 0 Å². The van der Waals surface area contributed by atoms with E-state index >= 15 is 0 Å². The summed E-state index contributed by atoms with van der Waals surface area (Å²) in [6, 6.07) is 8.50. The quantitative estimate of drug-likeness (QED) is 0.774. The Morgan fingerprint density at radius 1 is 1.28 bits per heavy atom. The summed E-state index contributed by atoms with van der Waals surface area (Å²) in [5.41, 5.74) is 3.05. The number of carbonyl (C=O) groups excluding carboxylic acids is 1. The Morgan fingerprint density at radius 2 is 2.03 bits per heavy atom. The smallest absolute Gasteiger partial charge is 0.291 e. The topological polar surface area (TPSA) is 70.6 Å². The molecule has 1 aliphatic rings. The summed E-state index contributed by atoms with van der Waals surface area (Å²) in [4.78, 5) is 25.1. The monoisotopic (exact) mass is 397 g/mol. The van der Waals surface area contributed by atoms with Gasteiger partial charge in [0.15, 0.2) is 0 Å². The van der Waals surface area contributed by atoms with Crippen LogP contribution in [0, 0.1) is 13.8 Å². The van der Waals surface area contributed by atoms with Crippen molar-refractivity contribution in [2.24, 2.45) is 0 Å². The van der Waals surface area contributed by atoms with Crippen molar-refractivity contribution in [2.75, 3.05) is 38.7 Å². The van der Waals surface area contributed by atoms with Crippen molar-refractivity contribution in [1.82, 2.24) is 20.2 Å². The first kappa shape index (κ1) is 21.0. The molecule has 0 unspecified atom stereocenters. The molecule has 156 valence electrons. The van der Waals surface area contributed by atoms with Crippen LogP contribution in [0.25, 0.3) is 0 Å². The van der Waals surface area contributed by atoms with Gasteiger partial charge < -0.3 is 19.9 Å². The van der Waals surface area contributed by atoms with E-state index in [4.69, 9.17) is 4.74 Å². The van der Waals surface area contributed by atoms with Gasteiger partial charge >= 0.3 is 0 Å². The largest absolute Gasteiger partial charge is 0.494 e. The van der Waals surface area contributed by atoms with Gasteiger partial charge in [-0.05, 0) is 33.3 Å². The number of hydrogen-bond acceptors (Lipinski definition) is 6. The highest BCUT2D eigenvalue weighted by Gasteiger charge is 2.26. The minimum atomic E-state index is -0.171. The number of para-hydroxylation sites is 1. The fourth-order valence-electron chi connectivity index (χ4n) is 3.54. The van der Waals surface area contributed by atoms with Crippen LogP contribution in [0.15, 0.2) is 24.3 Å². The van der Waals surface area contributed by atoms with E-state index in [1.54, 1.807) is 14.1 Å². The van der Waals surface area contributed by atoms with Crippen molar-refractivity contribution in [3.63, 3.8) is 0 Å². The van der Waals surface area contributed by atoms with Crippen molar-refractivity contribution >= 4 is 11.7 Å². The van der Waals surface area contributed by atoms with Crippen LogP contribution in [0.1, 0.15) is 40.8 Å². The lowest BCUT2D eigenvalue weighted by atomic mass is 10.2. The second kappa shape index (κ2) is 9.22. The molecule has 1 N–H and O–H groups in total. The summed E-state index contributed by atoms with van der Waals surface area (Å²) in [6.07, 6.45) is 1.02. The molecular weight excluding hydrogens is 366 g/mol. The van der Waals surface area contributed by atoms with Crippen molar-refractivity contribution < 1.29 is 9.53 Å². The van der Waals surface area contributed by atoms with E-state index in [9.17, 15) is 4.79 Å². The summed E-state index contributed by atoms with van der Waals surface area (Å²) in [6.45, 7) is 9.13. The SMILES string of the molecule is CCOc1ccccc1CN[C@@H]1CCN(c2nc(C(=O)N(C)C)nc(C)c2C)C1. The summed E-state index contributed by atoms with van der Waals surface area (Å²) in [7, 11) is 3.44. The molecule has 3 rings (SSSR count). The van der Waals surface area contributed by atoms with Gasteiger partial charge in [-0.3, -0.25) is 4.79 Å². The molecule has 1 aliphatic heterocycles. The summed E-state index contributed by atoms with van der Waals surface area (Å²) in [5, 5.41) is 3.65. The molecule has 0 spiro atoms. The lowest BCUT2D eigenvalue weighted by Gasteiger charge is -2.22. The van der Waals surface area contributed by atoms with Crippen LogP contribution >= 0.6 is 0 Å².